The third kappa shape index (κ3) is 4.80. The summed E-state index contributed by atoms with van der Waals surface area (Å²) in [7, 11) is -3.93. The summed E-state index contributed by atoms with van der Waals surface area (Å²) in [5.41, 5.74) is 1.25. The maximum Gasteiger partial charge on any atom is 0.261 e. The zero-order valence-electron chi connectivity index (χ0n) is 15.5. The predicted molar refractivity (Wildman–Crippen MR) is 113 cm³/mol. The summed E-state index contributed by atoms with van der Waals surface area (Å²) in [6.45, 7) is 1.79. The first-order valence-corrected chi connectivity index (χ1v) is 11.4. The van der Waals surface area contributed by atoms with Crippen LogP contribution in [0.2, 0.25) is 10.0 Å². The molecule has 1 aliphatic rings. The van der Waals surface area contributed by atoms with E-state index in [1.54, 1.807) is 25.1 Å². The summed E-state index contributed by atoms with van der Waals surface area (Å²) in [4.78, 5) is 12.7. The molecule has 0 heterocycles. The topological polar surface area (TPSA) is 75.3 Å². The number of hydrogen-bond donors (Lipinski definition) is 2. The van der Waals surface area contributed by atoms with Gasteiger partial charge in [-0.15, -0.1) is 0 Å². The Hall–Kier alpha value is -1.76. The second kappa shape index (κ2) is 8.72. The molecular weight excluding hydrogens is 419 g/mol. The van der Waals surface area contributed by atoms with Crippen LogP contribution in [-0.4, -0.2) is 20.4 Å². The van der Waals surface area contributed by atoms with Gasteiger partial charge in [0.1, 0.15) is 0 Å². The highest BCUT2D eigenvalue weighted by molar-refractivity contribution is 7.92. The minimum absolute atomic E-state index is 0.0112. The fraction of sp³-hybridized carbons (Fsp3) is 0.350. The van der Waals surface area contributed by atoms with Gasteiger partial charge in [0.25, 0.3) is 15.9 Å². The predicted octanol–water partition coefficient (Wildman–Crippen LogP) is 5.17. The molecule has 1 amide bonds. The molecule has 2 N–H and O–H groups in total. The summed E-state index contributed by atoms with van der Waals surface area (Å²) in [5, 5.41) is 3.40. The van der Waals surface area contributed by atoms with Crippen LogP contribution in [-0.2, 0) is 10.0 Å². The number of rotatable bonds is 5. The fourth-order valence-electron chi connectivity index (χ4n) is 3.31. The van der Waals surface area contributed by atoms with Gasteiger partial charge in [-0.05, 0) is 49.6 Å². The zero-order valence-corrected chi connectivity index (χ0v) is 17.8. The highest BCUT2D eigenvalue weighted by Crippen LogP contribution is 2.31. The number of carbonyl (C=O) groups excluding carboxylic acids is 1. The molecule has 1 aliphatic carbocycles. The summed E-state index contributed by atoms with van der Waals surface area (Å²) < 4.78 is 28.0. The van der Waals surface area contributed by atoms with E-state index in [1.165, 1.54) is 24.6 Å². The van der Waals surface area contributed by atoms with Crippen LogP contribution in [0.1, 0.15) is 48.0 Å². The van der Waals surface area contributed by atoms with Crippen molar-refractivity contribution in [2.75, 3.05) is 4.72 Å². The lowest BCUT2D eigenvalue weighted by Crippen LogP contribution is -2.36. The molecule has 28 heavy (non-hydrogen) atoms. The molecule has 8 heteroatoms. The van der Waals surface area contributed by atoms with E-state index in [-0.39, 0.29) is 32.6 Å². The fourth-order valence-corrected chi connectivity index (χ4v) is 4.81. The summed E-state index contributed by atoms with van der Waals surface area (Å²) in [6, 6.07) is 9.33. The maximum atomic E-state index is 12.8. The lowest BCUT2D eigenvalue weighted by atomic mass is 9.95. The second-order valence-corrected chi connectivity index (χ2v) is 9.46. The van der Waals surface area contributed by atoms with E-state index in [1.807, 2.05) is 0 Å². The molecule has 0 radical (unpaired) electrons. The van der Waals surface area contributed by atoms with Gasteiger partial charge in [0.15, 0.2) is 0 Å². The lowest BCUT2D eigenvalue weighted by Gasteiger charge is -2.23. The Morgan fingerprint density at radius 1 is 1.07 bits per heavy atom. The summed E-state index contributed by atoms with van der Waals surface area (Å²) >= 11 is 12.0. The molecule has 150 valence electrons. The molecule has 0 bridgehead atoms. The minimum Gasteiger partial charge on any atom is -0.349 e. The summed E-state index contributed by atoms with van der Waals surface area (Å²) in [5.74, 6) is -0.248. The molecule has 2 aromatic rings. The molecule has 0 aromatic heterocycles. The van der Waals surface area contributed by atoms with Crippen LogP contribution in [0.3, 0.4) is 0 Å². The molecule has 2 aromatic carbocycles. The van der Waals surface area contributed by atoms with Crippen molar-refractivity contribution in [3.63, 3.8) is 0 Å². The average Bonchev–Trinajstić information content (AvgIpc) is 2.66. The standard InChI is InChI=1S/C20H22Cl2N2O3S/c1-13-10-11-15(12-16(13)20(25)23-14-6-3-2-4-7-14)28(26,27)24-18-9-5-8-17(21)19(18)22/h5,8-12,14,24H,2-4,6-7H2,1H3,(H,23,25). The normalized spacial score (nSPS) is 15.2. The van der Waals surface area contributed by atoms with Gasteiger partial charge in [-0.2, -0.15) is 0 Å². The van der Waals surface area contributed by atoms with E-state index in [2.05, 4.69) is 10.0 Å². The second-order valence-electron chi connectivity index (χ2n) is 6.99. The van der Waals surface area contributed by atoms with Gasteiger partial charge in [-0.1, -0.05) is 54.6 Å². The van der Waals surface area contributed by atoms with Crippen LogP contribution in [0.25, 0.3) is 0 Å². The number of nitrogens with one attached hydrogen (secondary N) is 2. The molecule has 0 saturated heterocycles. The van der Waals surface area contributed by atoms with Crippen molar-refractivity contribution in [1.82, 2.24) is 5.32 Å². The first-order chi connectivity index (χ1) is 13.3. The Labute approximate surface area is 175 Å². The molecule has 1 fully saturated rings. The molecule has 0 spiro atoms. The minimum atomic E-state index is -3.93. The van der Waals surface area contributed by atoms with Crippen molar-refractivity contribution >= 4 is 44.8 Å². The van der Waals surface area contributed by atoms with Gasteiger partial charge in [0.05, 0.1) is 20.6 Å². The number of hydrogen-bond acceptors (Lipinski definition) is 3. The van der Waals surface area contributed by atoms with E-state index in [0.717, 1.165) is 25.7 Å². The Balaban J connectivity index is 1.85. The lowest BCUT2D eigenvalue weighted by molar-refractivity contribution is 0.0927. The molecule has 0 unspecified atom stereocenters. The highest BCUT2D eigenvalue weighted by atomic mass is 35.5. The quantitative estimate of drug-likeness (QED) is 0.673. The number of sulfonamides is 1. The Morgan fingerprint density at radius 3 is 2.50 bits per heavy atom. The summed E-state index contributed by atoms with van der Waals surface area (Å²) in [6.07, 6.45) is 5.30. The van der Waals surface area contributed by atoms with Crippen LogP contribution in [0.5, 0.6) is 0 Å². The van der Waals surface area contributed by atoms with Gasteiger partial charge in [-0.25, -0.2) is 8.42 Å². The number of carbonyl (C=O) groups is 1. The first-order valence-electron chi connectivity index (χ1n) is 9.16. The first kappa shape index (κ1) is 21.0. The van der Waals surface area contributed by atoms with E-state index in [4.69, 9.17) is 23.2 Å². The third-order valence-corrected chi connectivity index (χ3v) is 7.08. The molecule has 5 nitrogen and oxygen atoms in total. The van der Waals surface area contributed by atoms with E-state index >= 15 is 0 Å². The van der Waals surface area contributed by atoms with Crippen molar-refractivity contribution in [3.8, 4) is 0 Å². The Kier molecular flexibility index (Phi) is 6.53. The number of benzene rings is 2. The van der Waals surface area contributed by atoms with Crippen LogP contribution in [0.15, 0.2) is 41.3 Å². The number of aryl methyl sites for hydroxylation is 1. The molecule has 0 atom stereocenters. The number of amides is 1. The molecule has 1 saturated carbocycles. The monoisotopic (exact) mass is 440 g/mol. The van der Waals surface area contributed by atoms with Gasteiger partial charge >= 0.3 is 0 Å². The Morgan fingerprint density at radius 2 is 1.79 bits per heavy atom. The van der Waals surface area contributed by atoms with Crippen LogP contribution in [0.4, 0.5) is 5.69 Å². The van der Waals surface area contributed by atoms with Crippen LogP contribution >= 0.6 is 23.2 Å². The highest BCUT2D eigenvalue weighted by Gasteiger charge is 2.22. The van der Waals surface area contributed by atoms with Gasteiger partial charge < -0.3 is 5.32 Å². The molecule has 0 aliphatic heterocycles. The van der Waals surface area contributed by atoms with Crippen LogP contribution in [0, 0.1) is 6.92 Å². The third-order valence-electron chi connectivity index (χ3n) is 4.90. The van der Waals surface area contributed by atoms with Crippen molar-refractivity contribution in [2.24, 2.45) is 0 Å². The van der Waals surface area contributed by atoms with Crippen molar-refractivity contribution in [1.29, 1.82) is 0 Å². The van der Waals surface area contributed by atoms with Crippen molar-refractivity contribution < 1.29 is 13.2 Å². The Bertz CT molecular complexity index is 987. The van der Waals surface area contributed by atoms with Crippen LogP contribution < -0.4 is 10.0 Å². The van der Waals surface area contributed by atoms with E-state index < -0.39 is 10.0 Å². The SMILES string of the molecule is Cc1ccc(S(=O)(=O)Nc2cccc(Cl)c2Cl)cc1C(=O)NC1CCCCC1. The molecular formula is C20H22Cl2N2O3S. The van der Waals surface area contributed by atoms with E-state index in [0.29, 0.717) is 11.1 Å². The van der Waals surface area contributed by atoms with E-state index in [9.17, 15) is 13.2 Å². The number of anilines is 1. The maximum absolute atomic E-state index is 12.8. The largest absolute Gasteiger partial charge is 0.349 e. The number of halogens is 2. The molecule has 3 rings (SSSR count). The smallest absolute Gasteiger partial charge is 0.261 e. The van der Waals surface area contributed by atoms with Crippen molar-refractivity contribution in [2.45, 2.75) is 50.0 Å². The average molecular weight is 441 g/mol. The van der Waals surface area contributed by atoms with Gasteiger partial charge in [-0.3, -0.25) is 9.52 Å². The van der Waals surface area contributed by atoms with Gasteiger partial charge in [0.2, 0.25) is 0 Å². The van der Waals surface area contributed by atoms with Crippen molar-refractivity contribution in [3.05, 3.63) is 57.6 Å². The van der Waals surface area contributed by atoms with Gasteiger partial charge in [0, 0.05) is 11.6 Å². The zero-order chi connectivity index (χ0) is 20.3.